The molecular weight excluding hydrogens is 427 g/mol. The van der Waals surface area contributed by atoms with Crippen molar-refractivity contribution in [3.63, 3.8) is 0 Å². The summed E-state index contributed by atoms with van der Waals surface area (Å²) in [6.45, 7) is 13.9. The molecule has 1 aromatic rings. The highest BCUT2D eigenvalue weighted by Gasteiger charge is 2.20. The number of guanidine groups is 1. The van der Waals surface area contributed by atoms with E-state index in [1.54, 1.807) is 0 Å². The number of aliphatic imine (C=N–C) groups is 1. The fraction of sp³-hybridized carbons (Fsp3) is 0.632. The van der Waals surface area contributed by atoms with Crippen molar-refractivity contribution in [3.8, 4) is 0 Å². The van der Waals surface area contributed by atoms with Crippen LogP contribution >= 0.6 is 24.0 Å². The largest absolute Gasteiger partial charge is 0.379 e. The quantitative estimate of drug-likeness (QED) is 0.373. The SMILES string of the molecule is CCNC(=NCC(C)(C)c1ccccc1)NCCN1CCOCC1.I. The third kappa shape index (κ3) is 7.92. The van der Waals surface area contributed by atoms with E-state index >= 15 is 0 Å². The number of benzene rings is 1. The summed E-state index contributed by atoms with van der Waals surface area (Å²) in [4.78, 5) is 7.22. The number of halogens is 1. The van der Waals surface area contributed by atoms with Crippen LogP contribution in [0.4, 0.5) is 0 Å². The molecule has 1 saturated heterocycles. The van der Waals surface area contributed by atoms with Crippen molar-refractivity contribution < 1.29 is 4.74 Å². The van der Waals surface area contributed by atoms with Crippen LogP contribution in [0.2, 0.25) is 0 Å². The Morgan fingerprint density at radius 1 is 1.16 bits per heavy atom. The van der Waals surface area contributed by atoms with E-state index in [0.29, 0.717) is 0 Å². The van der Waals surface area contributed by atoms with Gasteiger partial charge in [-0.2, -0.15) is 0 Å². The molecule has 1 heterocycles. The molecule has 0 atom stereocenters. The fourth-order valence-electron chi connectivity index (χ4n) is 2.76. The number of ether oxygens (including phenoxy) is 1. The van der Waals surface area contributed by atoms with E-state index in [9.17, 15) is 0 Å². The molecular formula is C19H33IN4O. The molecule has 25 heavy (non-hydrogen) atoms. The lowest BCUT2D eigenvalue weighted by molar-refractivity contribution is 0.0389. The van der Waals surface area contributed by atoms with Gasteiger partial charge >= 0.3 is 0 Å². The van der Waals surface area contributed by atoms with Crippen LogP contribution in [-0.2, 0) is 10.2 Å². The molecule has 0 radical (unpaired) electrons. The summed E-state index contributed by atoms with van der Waals surface area (Å²) >= 11 is 0. The molecule has 1 aliphatic rings. The number of hydrogen-bond acceptors (Lipinski definition) is 3. The second-order valence-electron chi connectivity index (χ2n) is 6.83. The number of nitrogens with one attached hydrogen (secondary N) is 2. The van der Waals surface area contributed by atoms with Gasteiger partial charge in [-0.15, -0.1) is 24.0 Å². The first kappa shape index (κ1) is 22.2. The molecule has 6 heteroatoms. The van der Waals surface area contributed by atoms with E-state index in [4.69, 9.17) is 9.73 Å². The van der Waals surface area contributed by atoms with Crippen LogP contribution in [0.25, 0.3) is 0 Å². The first-order chi connectivity index (χ1) is 11.6. The standard InChI is InChI=1S/C19H32N4O.HI/c1-4-20-18(21-10-11-23-12-14-24-15-13-23)22-16-19(2,3)17-8-6-5-7-9-17;/h5-9H,4,10-16H2,1-3H3,(H2,20,21,22);1H. The lowest BCUT2D eigenvalue weighted by Gasteiger charge is -2.27. The van der Waals surface area contributed by atoms with Crippen LogP contribution in [0.15, 0.2) is 35.3 Å². The summed E-state index contributed by atoms with van der Waals surface area (Å²) in [6, 6.07) is 10.6. The first-order valence-corrected chi connectivity index (χ1v) is 8.99. The van der Waals surface area contributed by atoms with Crippen LogP contribution in [0.3, 0.4) is 0 Å². The number of nitrogens with zero attached hydrogens (tertiary/aromatic N) is 2. The van der Waals surface area contributed by atoms with Gasteiger partial charge in [-0.25, -0.2) is 0 Å². The molecule has 5 nitrogen and oxygen atoms in total. The molecule has 2 N–H and O–H groups in total. The summed E-state index contributed by atoms with van der Waals surface area (Å²) in [5, 5.41) is 6.79. The zero-order chi connectivity index (χ0) is 17.3. The van der Waals surface area contributed by atoms with Crippen LogP contribution in [-0.4, -0.2) is 63.3 Å². The highest BCUT2D eigenvalue weighted by atomic mass is 127. The van der Waals surface area contributed by atoms with Crippen LogP contribution in [0.1, 0.15) is 26.3 Å². The van der Waals surface area contributed by atoms with Crippen molar-refractivity contribution in [3.05, 3.63) is 35.9 Å². The van der Waals surface area contributed by atoms with E-state index in [-0.39, 0.29) is 29.4 Å². The summed E-state index contributed by atoms with van der Waals surface area (Å²) < 4.78 is 5.39. The zero-order valence-corrected chi connectivity index (χ0v) is 18.1. The van der Waals surface area contributed by atoms with Gasteiger partial charge in [0.25, 0.3) is 0 Å². The molecule has 0 unspecified atom stereocenters. The Hall–Kier alpha value is -0.860. The summed E-state index contributed by atoms with van der Waals surface area (Å²) in [6.07, 6.45) is 0. The van der Waals surface area contributed by atoms with Crippen LogP contribution in [0, 0.1) is 0 Å². The monoisotopic (exact) mass is 460 g/mol. The number of morpholine rings is 1. The molecule has 2 rings (SSSR count). The van der Waals surface area contributed by atoms with Gasteiger partial charge in [-0.05, 0) is 12.5 Å². The van der Waals surface area contributed by atoms with Crippen LogP contribution < -0.4 is 10.6 Å². The maximum Gasteiger partial charge on any atom is 0.191 e. The van der Waals surface area contributed by atoms with Crippen molar-refractivity contribution >= 4 is 29.9 Å². The Labute approximate surface area is 169 Å². The Kier molecular flexibility index (Phi) is 10.4. The van der Waals surface area contributed by atoms with E-state index in [2.05, 4.69) is 66.6 Å². The van der Waals surface area contributed by atoms with Gasteiger partial charge in [0, 0.05) is 38.1 Å². The number of rotatable bonds is 7. The summed E-state index contributed by atoms with van der Waals surface area (Å²) in [7, 11) is 0. The van der Waals surface area contributed by atoms with Gasteiger partial charge in [0.1, 0.15) is 0 Å². The second kappa shape index (κ2) is 11.7. The molecule has 0 amide bonds. The highest BCUT2D eigenvalue weighted by Crippen LogP contribution is 2.22. The third-order valence-electron chi connectivity index (χ3n) is 4.36. The summed E-state index contributed by atoms with van der Waals surface area (Å²) in [5.41, 5.74) is 1.34. The highest BCUT2D eigenvalue weighted by molar-refractivity contribution is 14.0. The molecule has 0 bridgehead atoms. The average molecular weight is 460 g/mol. The van der Waals surface area contributed by atoms with Crippen molar-refractivity contribution in [1.29, 1.82) is 0 Å². The lowest BCUT2D eigenvalue weighted by atomic mass is 9.85. The molecule has 0 aromatic heterocycles. The molecule has 1 aliphatic heterocycles. The zero-order valence-electron chi connectivity index (χ0n) is 15.8. The average Bonchev–Trinajstić information content (AvgIpc) is 2.61. The Morgan fingerprint density at radius 2 is 1.84 bits per heavy atom. The van der Waals surface area contributed by atoms with E-state index in [0.717, 1.165) is 58.4 Å². The smallest absolute Gasteiger partial charge is 0.191 e. The molecule has 1 fully saturated rings. The van der Waals surface area contributed by atoms with Gasteiger partial charge in [0.2, 0.25) is 0 Å². The van der Waals surface area contributed by atoms with E-state index < -0.39 is 0 Å². The normalized spacial score (nSPS) is 16.2. The molecule has 0 saturated carbocycles. The molecule has 0 aliphatic carbocycles. The molecule has 0 spiro atoms. The Morgan fingerprint density at radius 3 is 2.48 bits per heavy atom. The van der Waals surface area contributed by atoms with Gasteiger partial charge in [0.05, 0.1) is 19.8 Å². The van der Waals surface area contributed by atoms with E-state index in [1.807, 2.05) is 0 Å². The Balaban J connectivity index is 0.00000312. The van der Waals surface area contributed by atoms with Gasteiger partial charge < -0.3 is 15.4 Å². The van der Waals surface area contributed by atoms with Crippen molar-refractivity contribution in [2.24, 2.45) is 4.99 Å². The third-order valence-corrected chi connectivity index (χ3v) is 4.36. The first-order valence-electron chi connectivity index (χ1n) is 8.99. The number of hydrogen-bond donors (Lipinski definition) is 2. The maximum atomic E-state index is 5.39. The second-order valence-corrected chi connectivity index (χ2v) is 6.83. The minimum Gasteiger partial charge on any atom is -0.379 e. The minimum atomic E-state index is 0. The molecule has 1 aromatic carbocycles. The summed E-state index contributed by atoms with van der Waals surface area (Å²) in [5.74, 6) is 0.898. The topological polar surface area (TPSA) is 48.9 Å². The van der Waals surface area contributed by atoms with Crippen molar-refractivity contribution in [1.82, 2.24) is 15.5 Å². The van der Waals surface area contributed by atoms with Crippen LogP contribution in [0.5, 0.6) is 0 Å². The predicted molar refractivity (Wildman–Crippen MR) is 116 cm³/mol. The maximum absolute atomic E-state index is 5.39. The van der Waals surface area contributed by atoms with Gasteiger partial charge in [-0.1, -0.05) is 44.2 Å². The van der Waals surface area contributed by atoms with E-state index in [1.165, 1.54) is 5.56 Å². The predicted octanol–water partition coefficient (Wildman–Crippen LogP) is 2.47. The lowest BCUT2D eigenvalue weighted by Crippen LogP contribution is -2.44. The fourth-order valence-corrected chi connectivity index (χ4v) is 2.76. The van der Waals surface area contributed by atoms with Gasteiger partial charge in [0.15, 0.2) is 5.96 Å². The minimum absolute atomic E-state index is 0. The molecule has 142 valence electrons. The van der Waals surface area contributed by atoms with Crippen molar-refractivity contribution in [2.75, 3.05) is 52.5 Å². The van der Waals surface area contributed by atoms with Gasteiger partial charge in [-0.3, -0.25) is 9.89 Å². The Bertz CT molecular complexity index is 501. The van der Waals surface area contributed by atoms with Crippen molar-refractivity contribution in [2.45, 2.75) is 26.2 Å².